The summed E-state index contributed by atoms with van der Waals surface area (Å²) in [5, 5.41) is 10.6. The maximum Gasteiger partial charge on any atom is 0.419 e. The quantitative estimate of drug-likeness (QED) is 0.797. The van der Waals surface area contributed by atoms with Crippen LogP contribution in [0.5, 0.6) is 0 Å². The molecule has 1 amide bonds. The number of carbonyl (C=O) groups excluding carboxylic acids is 1. The van der Waals surface area contributed by atoms with Gasteiger partial charge >= 0.3 is 12.1 Å². The van der Waals surface area contributed by atoms with E-state index in [0.717, 1.165) is 0 Å². The lowest BCUT2D eigenvalue weighted by Gasteiger charge is -2.01. The third-order valence-corrected chi connectivity index (χ3v) is 2.00. The van der Waals surface area contributed by atoms with E-state index in [1.54, 1.807) is 0 Å². The number of aliphatic carboxylic acids is 1. The first-order valence-corrected chi connectivity index (χ1v) is 4.96. The van der Waals surface area contributed by atoms with Gasteiger partial charge < -0.3 is 14.8 Å². The standard InChI is InChI=1S/C10H10F3NO4/c11-10(12,13)6-4-7(18-5-6)9(17)14-3-1-2-8(15)16/h4-5H,1-3H2,(H,14,17)(H,15,16). The predicted molar refractivity (Wildman–Crippen MR) is 52.9 cm³/mol. The lowest BCUT2D eigenvalue weighted by atomic mass is 10.3. The molecule has 2 N–H and O–H groups in total. The van der Waals surface area contributed by atoms with Crippen LogP contribution in [0.2, 0.25) is 0 Å². The number of carboxylic acid groups (broad SMARTS) is 1. The average Bonchev–Trinajstić information content (AvgIpc) is 2.72. The molecule has 18 heavy (non-hydrogen) atoms. The van der Waals surface area contributed by atoms with Gasteiger partial charge in [0, 0.05) is 19.0 Å². The third-order valence-electron chi connectivity index (χ3n) is 2.00. The van der Waals surface area contributed by atoms with Crippen LogP contribution in [0.25, 0.3) is 0 Å². The number of halogens is 3. The van der Waals surface area contributed by atoms with Crippen LogP contribution in [0.4, 0.5) is 13.2 Å². The van der Waals surface area contributed by atoms with Gasteiger partial charge in [0.2, 0.25) is 0 Å². The Morgan fingerprint density at radius 2 is 2.06 bits per heavy atom. The van der Waals surface area contributed by atoms with Crippen molar-refractivity contribution in [1.82, 2.24) is 5.32 Å². The van der Waals surface area contributed by atoms with Gasteiger partial charge in [-0.2, -0.15) is 13.2 Å². The molecule has 0 aliphatic rings. The van der Waals surface area contributed by atoms with E-state index < -0.39 is 29.4 Å². The topological polar surface area (TPSA) is 79.5 Å². The second kappa shape index (κ2) is 5.56. The van der Waals surface area contributed by atoms with E-state index >= 15 is 0 Å². The van der Waals surface area contributed by atoms with Gasteiger partial charge in [0.1, 0.15) is 6.26 Å². The van der Waals surface area contributed by atoms with Gasteiger partial charge in [-0.15, -0.1) is 0 Å². The Hall–Kier alpha value is -1.99. The molecular formula is C10H10F3NO4. The third kappa shape index (κ3) is 4.11. The van der Waals surface area contributed by atoms with Crippen molar-refractivity contribution in [3.05, 3.63) is 23.7 Å². The van der Waals surface area contributed by atoms with Gasteiger partial charge in [-0.25, -0.2) is 0 Å². The first kappa shape index (κ1) is 14.1. The highest BCUT2D eigenvalue weighted by Gasteiger charge is 2.33. The van der Waals surface area contributed by atoms with Crippen LogP contribution < -0.4 is 5.32 Å². The van der Waals surface area contributed by atoms with E-state index in [0.29, 0.717) is 12.3 Å². The van der Waals surface area contributed by atoms with E-state index in [9.17, 15) is 22.8 Å². The normalized spacial score (nSPS) is 11.3. The number of carboxylic acids is 1. The fourth-order valence-electron chi connectivity index (χ4n) is 1.13. The Balaban J connectivity index is 2.47. The SMILES string of the molecule is O=C(O)CCCNC(=O)c1cc(C(F)(F)F)co1. The molecule has 0 saturated carbocycles. The van der Waals surface area contributed by atoms with Crippen LogP contribution in [0.3, 0.4) is 0 Å². The summed E-state index contributed by atoms with van der Waals surface area (Å²) in [5.41, 5.74) is -1.04. The molecular weight excluding hydrogens is 255 g/mol. The van der Waals surface area contributed by atoms with E-state index in [1.165, 1.54) is 0 Å². The van der Waals surface area contributed by atoms with E-state index in [4.69, 9.17) is 5.11 Å². The minimum atomic E-state index is -4.56. The summed E-state index contributed by atoms with van der Waals surface area (Å²) < 4.78 is 41.1. The Morgan fingerprint density at radius 1 is 1.39 bits per heavy atom. The minimum absolute atomic E-state index is 0.0488. The van der Waals surface area contributed by atoms with Crippen LogP contribution in [-0.4, -0.2) is 23.5 Å². The highest BCUT2D eigenvalue weighted by atomic mass is 19.4. The monoisotopic (exact) mass is 265 g/mol. The highest BCUT2D eigenvalue weighted by molar-refractivity contribution is 5.91. The molecule has 1 aromatic heterocycles. The number of rotatable bonds is 5. The molecule has 0 fully saturated rings. The fraction of sp³-hybridized carbons (Fsp3) is 0.400. The summed E-state index contributed by atoms with van der Waals surface area (Å²) >= 11 is 0. The first-order chi connectivity index (χ1) is 8.30. The summed E-state index contributed by atoms with van der Waals surface area (Å²) in [5.74, 6) is -2.28. The van der Waals surface area contributed by atoms with Gasteiger partial charge in [-0.1, -0.05) is 0 Å². The van der Waals surface area contributed by atoms with E-state index in [1.807, 2.05) is 0 Å². The van der Waals surface area contributed by atoms with Crippen molar-refractivity contribution >= 4 is 11.9 Å². The highest BCUT2D eigenvalue weighted by Crippen LogP contribution is 2.30. The Bertz CT molecular complexity index is 439. The average molecular weight is 265 g/mol. The fourth-order valence-corrected chi connectivity index (χ4v) is 1.13. The zero-order valence-electron chi connectivity index (χ0n) is 9.08. The summed E-state index contributed by atoms with van der Waals surface area (Å²) in [4.78, 5) is 21.5. The molecule has 5 nitrogen and oxygen atoms in total. The molecule has 0 aromatic carbocycles. The first-order valence-electron chi connectivity index (χ1n) is 4.96. The van der Waals surface area contributed by atoms with Crippen LogP contribution in [0, 0.1) is 0 Å². The molecule has 0 bridgehead atoms. The zero-order chi connectivity index (χ0) is 13.8. The van der Waals surface area contributed by atoms with Crippen LogP contribution in [0.1, 0.15) is 29.0 Å². The van der Waals surface area contributed by atoms with Gasteiger partial charge in [0.25, 0.3) is 5.91 Å². The van der Waals surface area contributed by atoms with Gasteiger partial charge in [0.05, 0.1) is 5.56 Å². The Labute approximate surface area is 99.6 Å². The zero-order valence-corrected chi connectivity index (χ0v) is 9.08. The number of hydrogen-bond donors (Lipinski definition) is 2. The largest absolute Gasteiger partial charge is 0.481 e. The summed E-state index contributed by atoms with van der Waals surface area (Å²) in [6, 6.07) is 0.590. The van der Waals surface area contributed by atoms with Crippen molar-refractivity contribution in [3.63, 3.8) is 0 Å². The predicted octanol–water partition coefficient (Wildman–Crippen LogP) is 1.89. The maximum atomic E-state index is 12.2. The van der Waals surface area contributed by atoms with Gasteiger partial charge in [-0.05, 0) is 6.42 Å². The molecule has 1 heterocycles. The molecule has 0 saturated heterocycles. The van der Waals surface area contributed by atoms with Crippen molar-refractivity contribution in [3.8, 4) is 0 Å². The van der Waals surface area contributed by atoms with Crippen molar-refractivity contribution < 1.29 is 32.3 Å². The number of furan rings is 1. The maximum absolute atomic E-state index is 12.2. The van der Waals surface area contributed by atoms with Crippen LogP contribution in [-0.2, 0) is 11.0 Å². The summed E-state index contributed by atoms with van der Waals surface area (Å²) in [6.45, 7) is 0.0488. The van der Waals surface area contributed by atoms with Crippen molar-refractivity contribution in [1.29, 1.82) is 0 Å². The lowest BCUT2D eigenvalue weighted by molar-refractivity contribution is -0.138. The smallest absolute Gasteiger partial charge is 0.419 e. The van der Waals surface area contributed by atoms with Crippen molar-refractivity contribution in [2.75, 3.05) is 6.54 Å². The van der Waals surface area contributed by atoms with Crippen molar-refractivity contribution in [2.45, 2.75) is 19.0 Å². The van der Waals surface area contributed by atoms with Gasteiger partial charge in [-0.3, -0.25) is 9.59 Å². The van der Waals surface area contributed by atoms with Crippen molar-refractivity contribution in [2.24, 2.45) is 0 Å². The van der Waals surface area contributed by atoms with Crippen LogP contribution in [0.15, 0.2) is 16.7 Å². The molecule has 0 spiro atoms. The summed E-state index contributed by atoms with van der Waals surface area (Å²) in [7, 11) is 0. The van der Waals surface area contributed by atoms with E-state index in [2.05, 4.69) is 9.73 Å². The molecule has 0 atom stereocenters. The molecule has 1 rings (SSSR count). The van der Waals surface area contributed by atoms with E-state index in [-0.39, 0.29) is 19.4 Å². The molecule has 0 aliphatic heterocycles. The number of hydrogen-bond acceptors (Lipinski definition) is 3. The number of alkyl halides is 3. The molecule has 0 unspecified atom stereocenters. The minimum Gasteiger partial charge on any atom is -0.481 e. The number of carbonyl (C=O) groups is 2. The Morgan fingerprint density at radius 3 is 2.56 bits per heavy atom. The molecule has 100 valence electrons. The molecule has 1 aromatic rings. The number of amides is 1. The second-order valence-electron chi connectivity index (χ2n) is 3.45. The molecule has 0 radical (unpaired) electrons. The van der Waals surface area contributed by atoms with Crippen LogP contribution >= 0.6 is 0 Å². The molecule has 8 heteroatoms. The Kier molecular flexibility index (Phi) is 4.35. The number of nitrogens with one attached hydrogen (secondary N) is 1. The summed E-state index contributed by atoms with van der Waals surface area (Å²) in [6.07, 6.45) is -4.06. The lowest BCUT2D eigenvalue weighted by Crippen LogP contribution is -2.24. The van der Waals surface area contributed by atoms with Gasteiger partial charge in [0.15, 0.2) is 5.76 Å². The molecule has 0 aliphatic carbocycles. The second-order valence-corrected chi connectivity index (χ2v) is 3.45.